The van der Waals surface area contributed by atoms with E-state index < -0.39 is 26.8 Å². The van der Waals surface area contributed by atoms with Crippen LogP contribution in [-0.2, 0) is 20.9 Å². The minimum absolute atomic E-state index is 0.119. The van der Waals surface area contributed by atoms with Gasteiger partial charge in [0.25, 0.3) is 0 Å². The molecule has 2 atom stereocenters. The van der Waals surface area contributed by atoms with E-state index in [-0.39, 0.29) is 11.3 Å². The quantitative estimate of drug-likeness (QED) is 0.0935. The highest BCUT2D eigenvalue weighted by Gasteiger charge is 2.48. The molecule has 0 radical (unpaired) electrons. The van der Waals surface area contributed by atoms with Crippen LogP contribution in [0.3, 0.4) is 0 Å². The molecule has 0 saturated heterocycles. The van der Waals surface area contributed by atoms with Gasteiger partial charge in [0.15, 0.2) is 0 Å². The molecule has 302 valence electrons. The van der Waals surface area contributed by atoms with Crippen LogP contribution in [0.4, 0.5) is 13.2 Å². The minimum atomic E-state index is -5.72. The maximum Gasteiger partial charge on any atom is 0.534 e. The predicted octanol–water partition coefficient (Wildman–Crippen LogP) is 10.8. The van der Waals surface area contributed by atoms with Crippen LogP contribution in [0.25, 0.3) is 0 Å². The Balaban J connectivity index is 0.000000230. The van der Waals surface area contributed by atoms with Gasteiger partial charge in [0, 0.05) is 34.4 Å². The number of phenolic OH excluding ortho intramolecular Hbond substituents is 1. The van der Waals surface area contributed by atoms with Crippen molar-refractivity contribution < 1.29 is 30.9 Å². The number of rotatable bonds is 8. The second-order valence-corrected chi connectivity index (χ2v) is 16.4. The van der Waals surface area contributed by atoms with E-state index in [1.54, 1.807) is 36.7 Å². The summed E-state index contributed by atoms with van der Waals surface area (Å²) in [5.74, 6) is 12.7. The lowest BCUT2D eigenvalue weighted by Crippen LogP contribution is -2.30. The van der Waals surface area contributed by atoms with Gasteiger partial charge in [-0.15, -0.1) is 0 Å². The summed E-state index contributed by atoms with van der Waals surface area (Å²) in [6.45, 7) is 12.8. The lowest BCUT2D eigenvalue weighted by molar-refractivity contribution is -0.0500. The first-order valence-corrected chi connectivity index (χ1v) is 20.3. The van der Waals surface area contributed by atoms with Crippen LogP contribution in [0, 0.1) is 35.5 Å². The maximum absolute atomic E-state index is 12.6. The van der Waals surface area contributed by atoms with E-state index >= 15 is 0 Å². The minimum Gasteiger partial charge on any atom is -0.508 e. The van der Waals surface area contributed by atoms with Gasteiger partial charge >= 0.3 is 15.6 Å². The molecule has 0 amide bonds. The van der Waals surface area contributed by atoms with Gasteiger partial charge in [0.2, 0.25) is 0 Å². The summed E-state index contributed by atoms with van der Waals surface area (Å²) < 4.78 is 64.4. The Hall–Kier alpha value is -6.36. The lowest BCUT2D eigenvalue weighted by Gasteiger charge is -2.35. The van der Waals surface area contributed by atoms with Crippen LogP contribution >= 0.6 is 0 Å². The van der Waals surface area contributed by atoms with Crippen molar-refractivity contribution in [2.24, 2.45) is 11.8 Å². The molecule has 6 aromatic rings. The Labute approximate surface area is 345 Å². The molecule has 0 aliphatic carbocycles. The van der Waals surface area contributed by atoms with Gasteiger partial charge in [-0.1, -0.05) is 114 Å². The maximum atomic E-state index is 12.6. The highest BCUT2D eigenvalue weighted by atomic mass is 32.2. The average molecular weight is 815 g/mol. The van der Waals surface area contributed by atoms with Gasteiger partial charge in [-0.2, -0.15) is 21.6 Å². The molecule has 2 aromatic heterocycles. The standard InChI is InChI=1S/C25H22F3NO3S.C24H23NO/c1-18(2)24(3,21-12-15-23(16-13-21)32-33(30,31)25(26,27)28)20-10-7-19(8-11-20)9-14-22-6-4-5-17-29-22;1-18(2)24(3,21-12-15-23(26)16-13-21)20-10-7-19(8-11-20)9-14-22-6-4-5-17-25-22/h4-8,10-13,15-18H,1-3H3;4-8,10-13,15-18,26H,1-3H3. The Morgan fingerprint density at radius 3 is 1.22 bits per heavy atom. The number of aromatic hydroxyl groups is 1. The number of aromatic nitrogens is 2. The molecule has 4 aromatic carbocycles. The van der Waals surface area contributed by atoms with Crippen molar-refractivity contribution in [3.63, 3.8) is 0 Å². The van der Waals surface area contributed by atoms with Crippen LogP contribution in [0.1, 0.15) is 86.3 Å². The van der Waals surface area contributed by atoms with Crippen molar-refractivity contribution in [3.05, 3.63) is 191 Å². The molecular weight excluding hydrogens is 770 g/mol. The Morgan fingerprint density at radius 2 is 0.898 bits per heavy atom. The molecule has 10 heteroatoms. The fourth-order valence-corrected chi connectivity index (χ4v) is 6.91. The first kappa shape index (κ1) is 43.8. The highest BCUT2D eigenvalue weighted by molar-refractivity contribution is 7.88. The molecule has 0 spiro atoms. The van der Waals surface area contributed by atoms with Crippen LogP contribution in [-0.4, -0.2) is 29.0 Å². The van der Waals surface area contributed by atoms with E-state index in [1.807, 2.05) is 93.6 Å². The molecule has 0 aliphatic heterocycles. The summed E-state index contributed by atoms with van der Waals surface area (Å²) in [6.07, 6.45) is 3.43. The second kappa shape index (κ2) is 18.5. The number of alkyl halides is 3. The molecule has 59 heavy (non-hydrogen) atoms. The van der Waals surface area contributed by atoms with E-state index in [0.717, 1.165) is 27.9 Å². The third kappa shape index (κ3) is 10.6. The number of nitrogens with zero attached hydrogens (tertiary/aromatic N) is 2. The summed E-state index contributed by atoms with van der Waals surface area (Å²) >= 11 is 0. The molecular formula is C49H45F3N2O4S. The number of hydrogen-bond donors (Lipinski definition) is 1. The number of pyridine rings is 2. The topological polar surface area (TPSA) is 89.4 Å². The van der Waals surface area contributed by atoms with Gasteiger partial charge in [0.05, 0.1) is 0 Å². The van der Waals surface area contributed by atoms with Crippen LogP contribution in [0.2, 0.25) is 0 Å². The van der Waals surface area contributed by atoms with Crippen molar-refractivity contribution in [1.82, 2.24) is 9.97 Å². The van der Waals surface area contributed by atoms with Crippen LogP contribution in [0.15, 0.2) is 146 Å². The molecule has 1 N–H and O–H groups in total. The third-order valence-corrected chi connectivity index (χ3v) is 11.7. The van der Waals surface area contributed by atoms with Gasteiger partial charge in [-0.05, 0) is 119 Å². The Kier molecular flexibility index (Phi) is 13.7. The van der Waals surface area contributed by atoms with E-state index in [0.29, 0.717) is 17.4 Å². The molecule has 0 saturated carbocycles. The van der Waals surface area contributed by atoms with E-state index in [1.165, 1.54) is 23.3 Å². The first-order valence-electron chi connectivity index (χ1n) is 18.9. The molecule has 0 bridgehead atoms. The number of hydrogen-bond acceptors (Lipinski definition) is 6. The molecule has 2 unspecified atom stereocenters. The number of halogens is 3. The normalized spacial score (nSPS) is 13.3. The van der Waals surface area contributed by atoms with Gasteiger partial charge in [0.1, 0.15) is 22.9 Å². The zero-order valence-electron chi connectivity index (χ0n) is 33.6. The van der Waals surface area contributed by atoms with Gasteiger partial charge in [-0.25, -0.2) is 9.97 Å². The summed E-state index contributed by atoms with van der Waals surface area (Å²) in [5, 5.41) is 9.60. The summed E-state index contributed by atoms with van der Waals surface area (Å²) in [5.41, 5.74) is 1.33. The molecule has 6 rings (SSSR count). The average Bonchev–Trinajstić information content (AvgIpc) is 3.23. The summed E-state index contributed by atoms with van der Waals surface area (Å²) in [7, 11) is -5.72. The molecule has 6 nitrogen and oxygen atoms in total. The van der Waals surface area contributed by atoms with Crippen molar-refractivity contribution in [1.29, 1.82) is 0 Å². The second-order valence-electron chi connectivity index (χ2n) is 14.9. The van der Waals surface area contributed by atoms with Crippen LogP contribution < -0.4 is 4.18 Å². The van der Waals surface area contributed by atoms with Crippen molar-refractivity contribution in [2.75, 3.05) is 0 Å². The number of phenols is 1. The highest BCUT2D eigenvalue weighted by Crippen LogP contribution is 2.41. The SMILES string of the molecule is CC(C)C(C)(c1ccc(C#Cc2ccccn2)cc1)c1ccc(OS(=O)(=O)C(F)(F)F)cc1.CC(C)C(C)(c1ccc(O)cc1)c1ccc(C#Cc2ccccn2)cc1. The molecule has 0 aliphatic rings. The molecule has 0 fully saturated rings. The van der Waals surface area contributed by atoms with Crippen LogP contribution in [0.5, 0.6) is 11.5 Å². The smallest absolute Gasteiger partial charge is 0.508 e. The Morgan fingerprint density at radius 1 is 0.542 bits per heavy atom. The van der Waals surface area contributed by atoms with E-state index in [2.05, 4.69) is 82.9 Å². The number of benzene rings is 4. The zero-order chi connectivity index (χ0) is 42.8. The summed E-state index contributed by atoms with van der Waals surface area (Å²) in [4.78, 5) is 8.40. The van der Waals surface area contributed by atoms with Crippen molar-refractivity contribution in [3.8, 4) is 35.2 Å². The lowest BCUT2D eigenvalue weighted by atomic mass is 9.68. The Bertz CT molecular complexity index is 2540. The fraction of sp³-hybridized carbons (Fsp3) is 0.224. The summed E-state index contributed by atoms with van der Waals surface area (Å²) in [6, 6.07) is 40.5. The van der Waals surface area contributed by atoms with Crippen molar-refractivity contribution >= 4 is 10.1 Å². The first-order chi connectivity index (χ1) is 27.9. The third-order valence-electron chi connectivity index (χ3n) is 10.7. The van der Waals surface area contributed by atoms with E-state index in [4.69, 9.17) is 0 Å². The van der Waals surface area contributed by atoms with Crippen molar-refractivity contribution in [2.45, 2.75) is 57.9 Å². The fourth-order valence-electron chi connectivity index (χ4n) is 6.45. The monoisotopic (exact) mass is 814 g/mol. The molecule has 2 heterocycles. The zero-order valence-corrected chi connectivity index (χ0v) is 34.4. The predicted molar refractivity (Wildman–Crippen MR) is 226 cm³/mol. The van der Waals surface area contributed by atoms with Gasteiger partial charge < -0.3 is 9.29 Å². The largest absolute Gasteiger partial charge is 0.534 e. The van der Waals surface area contributed by atoms with Gasteiger partial charge in [-0.3, -0.25) is 0 Å². The van der Waals surface area contributed by atoms with E-state index in [9.17, 15) is 26.7 Å².